The Morgan fingerprint density at radius 2 is 1.63 bits per heavy atom. The molecular formula is C41H48IrNO3-. The zero-order valence-electron chi connectivity index (χ0n) is 28.6. The van der Waals surface area contributed by atoms with Crippen molar-refractivity contribution in [3.63, 3.8) is 0 Å². The SMILES string of the molecule is CC(C)Cc1ccc2c3c1oc1ccnc(c13)-c1[c-]cc3ccccc3c1C2(C)C.CCC(CC)C(=O)/C=C(\O)C(CC)CC.[Ir]. The van der Waals surface area contributed by atoms with Crippen molar-refractivity contribution in [3.8, 4) is 11.3 Å². The van der Waals surface area contributed by atoms with Crippen molar-refractivity contribution in [3.05, 3.63) is 89.3 Å². The number of benzene rings is 3. The van der Waals surface area contributed by atoms with Gasteiger partial charge in [0.25, 0.3) is 0 Å². The van der Waals surface area contributed by atoms with Gasteiger partial charge in [0.05, 0.1) is 5.76 Å². The second kappa shape index (κ2) is 14.7. The number of rotatable bonds is 9. The first-order chi connectivity index (χ1) is 21.6. The van der Waals surface area contributed by atoms with E-state index >= 15 is 0 Å². The Morgan fingerprint density at radius 1 is 0.957 bits per heavy atom. The first kappa shape index (κ1) is 35.6. The number of hydrogen-bond acceptors (Lipinski definition) is 4. The number of allylic oxidation sites excluding steroid dienone is 2. The van der Waals surface area contributed by atoms with Crippen LogP contribution < -0.4 is 0 Å². The molecule has 2 heterocycles. The molecule has 46 heavy (non-hydrogen) atoms. The number of carbonyl (C=O) groups excluding carboxylic acids is 1. The maximum Gasteiger partial charge on any atom is 0.162 e. The van der Waals surface area contributed by atoms with Gasteiger partial charge in [-0.1, -0.05) is 103 Å². The summed E-state index contributed by atoms with van der Waals surface area (Å²) in [5.41, 5.74) is 7.69. The molecular weight excluding hydrogens is 747 g/mol. The zero-order valence-corrected chi connectivity index (χ0v) is 31.0. The van der Waals surface area contributed by atoms with Crippen molar-refractivity contribution in [1.29, 1.82) is 0 Å². The summed E-state index contributed by atoms with van der Waals surface area (Å²) in [5.74, 6) is 1.11. The fraction of sp³-hybridized carbons (Fsp3) is 0.415. The van der Waals surface area contributed by atoms with Crippen LogP contribution in [0.2, 0.25) is 0 Å². The van der Waals surface area contributed by atoms with E-state index in [2.05, 4.69) is 76.2 Å². The van der Waals surface area contributed by atoms with Gasteiger partial charge in [-0.15, -0.1) is 23.3 Å². The van der Waals surface area contributed by atoms with Gasteiger partial charge in [-0.25, -0.2) is 0 Å². The average Bonchev–Trinajstić information content (AvgIpc) is 3.38. The minimum atomic E-state index is -0.210. The standard InChI is InChI=1S/C28H24NO.C13H24O2.Ir/c1-16(2)15-18-10-12-21-23-24-22(30-27(18)23)13-14-29-26(24)20-11-9-17-7-5-6-8-19(17)25(20)28(21,3)4;1-5-10(6-2)12(14)9-13(15)11(7-3)8-4;/h5-10,12-14,16H,15H2,1-4H3;9-11,14H,5-8H2,1-4H3;/q-1;;/b;12-9-;. The molecule has 5 heteroatoms. The molecule has 1 radical (unpaired) electrons. The van der Waals surface area contributed by atoms with Crippen LogP contribution in [0.4, 0.5) is 0 Å². The predicted octanol–water partition coefficient (Wildman–Crippen LogP) is 11.3. The molecule has 0 saturated heterocycles. The summed E-state index contributed by atoms with van der Waals surface area (Å²) in [6.07, 6.45) is 7.78. The van der Waals surface area contributed by atoms with E-state index in [9.17, 15) is 9.90 Å². The Morgan fingerprint density at radius 3 is 2.28 bits per heavy atom. The number of nitrogens with zero attached hydrogens (tertiary/aromatic N) is 1. The molecule has 0 aliphatic heterocycles. The molecule has 0 spiro atoms. The van der Waals surface area contributed by atoms with Gasteiger partial charge in [0.15, 0.2) is 5.78 Å². The van der Waals surface area contributed by atoms with Crippen LogP contribution in [0.25, 0.3) is 44.0 Å². The van der Waals surface area contributed by atoms with Gasteiger partial charge in [-0.3, -0.25) is 4.79 Å². The number of aliphatic hydroxyl groups is 1. The average molecular weight is 795 g/mol. The van der Waals surface area contributed by atoms with Crippen molar-refractivity contribution in [2.75, 3.05) is 0 Å². The summed E-state index contributed by atoms with van der Waals surface area (Å²) in [6.45, 7) is 17.2. The molecule has 0 unspecified atom stereocenters. The summed E-state index contributed by atoms with van der Waals surface area (Å²) in [5, 5.41) is 14.6. The second-order valence-electron chi connectivity index (χ2n) is 13.5. The maximum absolute atomic E-state index is 11.7. The number of aliphatic hydroxyl groups excluding tert-OH is 1. The van der Waals surface area contributed by atoms with E-state index in [1.54, 1.807) is 0 Å². The molecule has 3 aromatic carbocycles. The van der Waals surface area contributed by atoms with E-state index < -0.39 is 0 Å². The smallest absolute Gasteiger partial charge is 0.162 e. The molecule has 0 fully saturated rings. The molecule has 245 valence electrons. The van der Waals surface area contributed by atoms with Gasteiger partial charge in [-0.2, -0.15) is 0 Å². The largest absolute Gasteiger partial charge is 0.512 e. The van der Waals surface area contributed by atoms with E-state index in [4.69, 9.17) is 9.40 Å². The van der Waals surface area contributed by atoms with E-state index in [0.717, 1.165) is 59.9 Å². The van der Waals surface area contributed by atoms with Gasteiger partial charge >= 0.3 is 0 Å². The molecule has 0 amide bonds. The van der Waals surface area contributed by atoms with Gasteiger partial charge in [-0.05, 0) is 66.3 Å². The quantitative estimate of drug-likeness (QED) is 0.0917. The third kappa shape index (κ3) is 6.46. The number of carbonyl (C=O) groups is 1. The maximum atomic E-state index is 11.7. The Bertz CT molecular complexity index is 1870. The first-order valence-electron chi connectivity index (χ1n) is 16.8. The van der Waals surface area contributed by atoms with Gasteiger partial charge in [0, 0.05) is 55.0 Å². The van der Waals surface area contributed by atoms with Gasteiger partial charge in [0.1, 0.15) is 11.2 Å². The molecule has 5 aromatic rings. The third-order valence-corrected chi connectivity index (χ3v) is 9.71. The van der Waals surface area contributed by atoms with Crippen LogP contribution in [-0.2, 0) is 36.7 Å². The molecule has 6 rings (SSSR count). The van der Waals surface area contributed by atoms with E-state index in [0.29, 0.717) is 5.92 Å². The van der Waals surface area contributed by atoms with Crippen LogP contribution in [0.5, 0.6) is 0 Å². The predicted molar refractivity (Wildman–Crippen MR) is 188 cm³/mol. The van der Waals surface area contributed by atoms with E-state index in [-0.39, 0.29) is 48.9 Å². The normalized spacial score (nSPS) is 13.7. The van der Waals surface area contributed by atoms with Crippen molar-refractivity contribution in [2.24, 2.45) is 17.8 Å². The summed E-state index contributed by atoms with van der Waals surface area (Å²) < 4.78 is 6.48. The summed E-state index contributed by atoms with van der Waals surface area (Å²) >= 11 is 0. The summed E-state index contributed by atoms with van der Waals surface area (Å²) in [6, 6.07) is 20.9. The summed E-state index contributed by atoms with van der Waals surface area (Å²) in [7, 11) is 0. The van der Waals surface area contributed by atoms with Crippen molar-refractivity contribution < 1.29 is 34.4 Å². The van der Waals surface area contributed by atoms with E-state index in [1.165, 1.54) is 38.9 Å². The van der Waals surface area contributed by atoms with E-state index in [1.807, 2.05) is 40.0 Å². The van der Waals surface area contributed by atoms with Crippen molar-refractivity contribution in [2.45, 2.75) is 92.9 Å². The fourth-order valence-electron chi connectivity index (χ4n) is 7.14. The monoisotopic (exact) mass is 795 g/mol. The minimum Gasteiger partial charge on any atom is -0.512 e. The van der Waals surface area contributed by atoms with Crippen LogP contribution in [0, 0.1) is 23.8 Å². The number of furan rings is 1. The molecule has 0 saturated carbocycles. The Labute approximate surface area is 288 Å². The Hall–Kier alpha value is -3.27. The third-order valence-electron chi connectivity index (χ3n) is 9.71. The Kier molecular flexibility index (Phi) is 11.3. The molecule has 0 bridgehead atoms. The van der Waals surface area contributed by atoms with Crippen LogP contribution in [-0.4, -0.2) is 15.9 Å². The number of aromatic nitrogens is 1. The molecule has 2 aromatic heterocycles. The number of fused-ring (bicyclic) bond motifs is 4. The number of ketones is 1. The second-order valence-corrected chi connectivity index (χ2v) is 13.5. The number of hydrogen-bond donors (Lipinski definition) is 1. The first-order valence-corrected chi connectivity index (χ1v) is 16.8. The zero-order chi connectivity index (χ0) is 32.5. The van der Waals surface area contributed by atoms with Crippen LogP contribution >= 0.6 is 0 Å². The van der Waals surface area contributed by atoms with Crippen molar-refractivity contribution >= 4 is 38.5 Å². The molecule has 0 atom stereocenters. The van der Waals surface area contributed by atoms with Crippen LogP contribution in [0.3, 0.4) is 0 Å². The summed E-state index contributed by atoms with van der Waals surface area (Å²) in [4.78, 5) is 16.6. The fourth-order valence-corrected chi connectivity index (χ4v) is 7.14. The molecule has 1 N–H and O–H groups in total. The molecule has 1 aliphatic carbocycles. The van der Waals surface area contributed by atoms with Crippen LogP contribution in [0.15, 0.2) is 71.0 Å². The molecule has 4 nitrogen and oxygen atoms in total. The van der Waals surface area contributed by atoms with Crippen molar-refractivity contribution in [1.82, 2.24) is 4.98 Å². The number of pyridine rings is 1. The Balaban J connectivity index is 0.000000259. The van der Waals surface area contributed by atoms with Gasteiger partial charge < -0.3 is 14.5 Å². The topological polar surface area (TPSA) is 63.3 Å². The minimum absolute atomic E-state index is 0. The van der Waals surface area contributed by atoms with Crippen LogP contribution in [0.1, 0.15) is 97.8 Å². The van der Waals surface area contributed by atoms with Gasteiger partial charge in [0.2, 0.25) is 0 Å². The molecule has 1 aliphatic rings.